The fraction of sp³-hybridized carbons (Fsp3) is 0.600. The number of halogens is 1. The number of rotatable bonds is 2. The lowest BCUT2D eigenvalue weighted by Crippen LogP contribution is -2.38. The first-order chi connectivity index (χ1) is 8.09. The standard InChI is InChI=1S/C15H22FN/c1-10(2)15-9-17-7-6-13(15)14-8-12(16)5-4-11(14)3/h4-5,8,10,13,15,17H,6-7,9H2,1-3H3. The smallest absolute Gasteiger partial charge is 0.123 e. The van der Waals surface area contributed by atoms with Gasteiger partial charge >= 0.3 is 0 Å². The van der Waals surface area contributed by atoms with Crippen molar-refractivity contribution in [3.05, 3.63) is 35.1 Å². The van der Waals surface area contributed by atoms with Crippen molar-refractivity contribution in [2.45, 2.75) is 33.1 Å². The van der Waals surface area contributed by atoms with Gasteiger partial charge < -0.3 is 5.32 Å². The number of hydrogen-bond donors (Lipinski definition) is 1. The molecule has 1 fully saturated rings. The van der Waals surface area contributed by atoms with Crippen LogP contribution >= 0.6 is 0 Å². The Hall–Kier alpha value is -0.890. The van der Waals surface area contributed by atoms with E-state index in [2.05, 4.69) is 26.1 Å². The monoisotopic (exact) mass is 235 g/mol. The summed E-state index contributed by atoms with van der Waals surface area (Å²) in [4.78, 5) is 0. The summed E-state index contributed by atoms with van der Waals surface area (Å²) in [6.45, 7) is 8.72. The van der Waals surface area contributed by atoms with Crippen molar-refractivity contribution in [1.29, 1.82) is 0 Å². The molecule has 0 saturated carbocycles. The van der Waals surface area contributed by atoms with Crippen LogP contribution in [0.1, 0.15) is 37.3 Å². The van der Waals surface area contributed by atoms with Crippen LogP contribution in [0.15, 0.2) is 18.2 Å². The molecule has 0 amide bonds. The molecule has 0 aliphatic carbocycles. The Morgan fingerprint density at radius 3 is 2.82 bits per heavy atom. The van der Waals surface area contributed by atoms with Gasteiger partial charge in [-0.25, -0.2) is 4.39 Å². The van der Waals surface area contributed by atoms with Gasteiger partial charge in [-0.3, -0.25) is 0 Å². The van der Waals surface area contributed by atoms with E-state index >= 15 is 0 Å². The van der Waals surface area contributed by atoms with E-state index < -0.39 is 0 Å². The van der Waals surface area contributed by atoms with Crippen LogP contribution in [-0.2, 0) is 0 Å². The summed E-state index contributed by atoms with van der Waals surface area (Å²) in [5, 5.41) is 3.46. The Morgan fingerprint density at radius 1 is 1.35 bits per heavy atom. The van der Waals surface area contributed by atoms with E-state index in [-0.39, 0.29) is 5.82 Å². The number of hydrogen-bond acceptors (Lipinski definition) is 1. The summed E-state index contributed by atoms with van der Waals surface area (Å²) in [6, 6.07) is 5.20. The normalized spacial score (nSPS) is 25.2. The highest BCUT2D eigenvalue weighted by Gasteiger charge is 2.29. The zero-order valence-corrected chi connectivity index (χ0v) is 11.0. The van der Waals surface area contributed by atoms with Gasteiger partial charge in [0.15, 0.2) is 0 Å². The van der Waals surface area contributed by atoms with Crippen molar-refractivity contribution >= 4 is 0 Å². The second-order valence-corrected chi connectivity index (χ2v) is 5.51. The molecule has 0 radical (unpaired) electrons. The maximum Gasteiger partial charge on any atom is 0.123 e. The highest BCUT2D eigenvalue weighted by atomic mass is 19.1. The molecular weight excluding hydrogens is 213 g/mol. The first-order valence-electron chi connectivity index (χ1n) is 6.56. The van der Waals surface area contributed by atoms with Crippen LogP contribution in [0.2, 0.25) is 0 Å². The van der Waals surface area contributed by atoms with Crippen LogP contribution in [0, 0.1) is 24.6 Å². The van der Waals surface area contributed by atoms with Gasteiger partial charge in [-0.15, -0.1) is 0 Å². The molecule has 94 valence electrons. The Bertz CT molecular complexity index is 387. The van der Waals surface area contributed by atoms with Crippen LogP contribution in [-0.4, -0.2) is 13.1 Å². The minimum Gasteiger partial charge on any atom is -0.316 e. The van der Waals surface area contributed by atoms with E-state index in [0.717, 1.165) is 19.5 Å². The number of aryl methyl sites for hydroxylation is 1. The Balaban J connectivity index is 2.32. The molecule has 1 aromatic carbocycles. The molecule has 2 heteroatoms. The van der Waals surface area contributed by atoms with Crippen LogP contribution in [0.4, 0.5) is 4.39 Å². The fourth-order valence-electron chi connectivity index (χ4n) is 2.98. The average Bonchev–Trinajstić information content (AvgIpc) is 2.32. The van der Waals surface area contributed by atoms with Crippen molar-refractivity contribution in [2.24, 2.45) is 11.8 Å². The molecule has 0 aromatic heterocycles. The van der Waals surface area contributed by atoms with Gasteiger partial charge in [0, 0.05) is 0 Å². The predicted molar refractivity (Wildman–Crippen MR) is 69.7 cm³/mol. The number of nitrogens with one attached hydrogen (secondary N) is 1. The van der Waals surface area contributed by atoms with E-state index in [1.807, 2.05) is 6.07 Å². The minimum absolute atomic E-state index is 0.105. The van der Waals surface area contributed by atoms with E-state index in [4.69, 9.17) is 0 Å². The fourth-order valence-corrected chi connectivity index (χ4v) is 2.98. The lowest BCUT2D eigenvalue weighted by Gasteiger charge is -2.36. The highest BCUT2D eigenvalue weighted by molar-refractivity contribution is 5.31. The molecule has 1 aromatic rings. The maximum atomic E-state index is 13.4. The van der Waals surface area contributed by atoms with Crippen LogP contribution in [0.5, 0.6) is 0 Å². The zero-order chi connectivity index (χ0) is 12.4. The Kier molecular flexibility index (Phi) is 3.82. The summed E-state index contributed by atoms with van der Waals surface area (Å²) < 4.78 is 13.4. The van der Waals surface area contributed by atoms with E-state index in [0.29, 0.717) is 17.8 Å². The molecule has 2 atom stereocenters. The third-order valence-electron chi connectivity index (χ3n) is 4.03. The summed E-state index contributed by atoms with van der Waals surface area (Å²) >= 11 is 0. The van der Waals surface area contributed by atoms with Crippen LogP contribution in [0.3, 0.4) is 0 Å². The van der Waals surface area contributed by atoms with Crippen molar-refractivity contribution in [3.8, 4) is 0 Å². The highest BCUT2D eigenvalue weighted by Crippen LogP contribution is 2.36. The predicted octanol–water partition coefficient (Wildman–Crippen LogP) is 3.48. The van der Waals surface area contributed by atoms with Gasteiger partial charge in [0.2, 0.25) is 0 Å². The van der Waals surface area contributed by atoms with Gasteiger partial charge in [-0.2, -0.15) is 0 Å². The Labute approximate surface area is 103 Å². The second-order valence-electron chi connectivity index (χ2n) is 5.51. The topological polar surface area (TPSA) is 12.0 Å². The third kappa shape index (κ3) is 2.68. The van der Waals surface area contributed by atoms with Gasteiger partial charge in [0.1, 0.15) is 5.82 Å². The molecule has 1 heterocycles. The number of benzene rings is 1. The molecule has 1 aliphatic rings. The minimum atomic E-state index is -0.105. The summed E-state index contributed by atoms with van der Waals surface area (Å²) in [5.41, 5.74) is 2.44. The van der Waals surface area contributed by atoms with E-state index in [9.17, 15) is 4.39 Å². The largest absolute Gasteiger partial charge is 0.316 e. The molecule has 1 aliphatic heterocycles. The number of piperidine rings is 1. The lowest BCUT2D eigenvalue weighted by atomic mass is 9.74. The van der Waals surface area contributed by atoms with E-state index in [1.165, 1.54) is 11.1 Å². The summed E-state index contributed by atoms with van der Waals surface area (Å²) in [7, 11) is 0. The van der Waals surface area contributed by atoms with Crippen molar-refractivity contribution < 1.29 is 4.39 Å². The third-order valence-corrected chi connectivity index (χ3v) is 4.03. The molecule has 0 spiro atoms. The van der Waals surface area contributed by atoms with Gasteiger partial charge in [-0.05, 0) is 67.4 Å². The van der Waals surface area contributed by atoms with Crippen LogP contribution < -0.4 is 5.32 Å². The van der Waals surface area contributed by atoms with Crippen molar-refractivity contribution in [3.63, 3.8) is 0 Å². The zero-order valence-electron chi connectivity index (χ0n) is 11.0. The molecule has 1 nitrogen and oxygen atoms in total. The molecule has 17 heavy (non-hydrogen) atoms. The SMILES string of the molecule is Cc1ccc(F)cc1C1CCNCC1C(C)C. The average molecular weight is 235 g/mol. The van der Waals surface area contributed by atoms with Crippen LogP contribution in [0.25, 0.3) is 0 Å². The van der Waals surface area contributed by atoms with Gasteiger partial charge in [0.05, 0.1) is 0 Å². The molecule has 1 N–H and O–H groups in total. The quantitative estimate of drug-likeness (QED) is 0.827. The maximum absolute atomic E-state index is 13.4. The van der Waals surface area contributed by atoms with Crippen molar-refractivity contribution in [1.82, 2.24) is 5.32 Å². The van der Waals surface area contributed by atoms with Gasteiger partial charge in [0.25, 0.3) is 0 Å². The lowest BCUT2D eigenvalue weighted by molar-refractivity contribution is 0.254. The summed E-state index contributed by atoms with van der Waals surface area (Å²) in [6.07, 6.45) is 1.12. The first kappa shape index (κ1) is 12.6. The molecule has 0 bridgehead atoms. The molecule has 1 saturated heterocycles. The van der Waals surface area contributed by atoms with Crippen molar-refractivity contribution in [2.75, 3.05) is 13.1 Å². The van der Waals surface area contributed by atoms with E-state index in [1.54, 1.807) is 12.1 Å². The summed E-state index contributed by atoms with van der Waals surface area (Å²) in [5.74, 6) is 1.65. The molecule has 2 unspecified atom stereocenters. The van der Waals surface area contributed by atoms with Gasteiger partial charge in [-0.1, -0.05) is 19.9 Å². The first-order valence-corrected chi connectivity index (χ1v) is 6.56. The molecular formula is C15H22FN. The second kappa shape index (κ2) is 5.18. The molecule has 2 rings (SSSR count). The Morgan fingerprint density at radius 2 is 2.12 bits per heavy atom.